The summed E-state index contributed by atoms with van der Waals surface area (Å²) in [4.78, 5) is 15.9. The maximum absolute atomic E-state index is 11.7. The van der Waals surface area contributed by atoms with Gasteiger partial charge < -0.3 is 20.7 Å². The second kappa shape index (κ2) is 15.7. The third kappa shape index (κ3) is 12.6. The molecule has 0 radical (unpaired) electrons. The summed E-state index contributed by atoms with van der Waals surface area (Å²) >= 11 is 0. The Morgan fingerprint density at radius 3 is 2.70 bits per heavy atom. The number of hydrogen-bond acceptors (Lipinski definition) is 3. The Hall–Kier alpha value is -1.35. The Morgan fingerprint density at radius 1 is 1.26 bits per heavy atom. The average molecular weight is 490 g/mol. The van der Waals surface area contributed by atoms with E-state index in [9.17, 15) is 4.79 Å². The molecule has 0 saturated heterocycles. The van der Waals surface area contributed by atoms with Crippen LogP contribution in [-0.4, -0.2) is 38.7 Å². The van der Waals surface area contributed by atoms with E-state index in [0.717, 1.165) is 49.8 Å². The Bertz CT molecular complexity index is 565. The van der Waals surface area contributed by atoms with Crippen LogP contribution in [0.25, 0.3) is 0 Å². The van der Waals surface area contributed by atoms with Gasteiger partial charge in [0.05, 0.1) is 0 Å². The van der Waals surface area contributed by atoms with Gasteiger partial charge in [0.15, 0.2) is 5.96 Å². The van der Waals surface area contributed by atoms with Gasteiger partial charge in [-0.1, -0.05) is 32.9 Å². The largest absolute Gasteiger partial charge is 0.381 e. The van der Waals surface area contributed by atoms with Crippen LogP contribution in [0.15, 0.2) is 29.3 Å². The minimum atomic E-state index is 0. The van der Waals surface area contributed by atoms with Crippen molar-refractivity contribution in [3.63, 3.8) is 0 Å². The first kappa shape index (κ1) is 25.6. The molecule has 0 aliphatic heterocycles. The summed E-state index contributed by atoms with van der Waals surface area (Å²) in [6.45, 7) is 9.29. The molecule has 154 valence electrons. The molecule has 1 aromatic rings. The molecule has 27 heavy (non-hydrogen) atoms. The van der Waals surface area contributed by atoms with E-state index in [1.807, 2.05) is 31.2 Å². The predicted molar refractivity (Wildman–Crippen MR) is 124 cm³/mol. The first-order valence-electron chi connectivity index (χ1n) is 9.46. The van der Waals surface area contributed by atoms with Crippen LogP contribution in [0.1, 0.15) is 45.6 Å². The van der Waals surface area contributed by atoms with Gasteiger partial charge in [0.2, 0.25) is 5.91 Å². The van der Waals surface area contributed by atoms with Crippen LogP contribution >= 0.6 is 24.0 Å². The maximum Gasteiger partial charge on any atom is 0.224 e. The van der Waals surface area contributed by atoms with E-state index in [1.54, 1.807) is 7.05 Å². The van der Waals surface area contributed by atoms with E-state index in [1.165, 1.54) is 0 Å². The van der Waals surface area contributed by atoms with Crippen molar-refractivity contribution < 1.29 is 9.53 Å². The monoisotopic (exact) mass is 490 g/mol. The molecule has 0 aliphatic carbocycles. The topological polar surface area (TPSA) is 74.8 Å². The van der Waals surface area contributed by atoms with Crippen molar-refractivity contribution in [2.75, 3.05) is 32.1 Å². The highest BCUT2D eigenvalue weighted by atomic mass is 127. The van der Waals surface area contributed by atoms with Crippen LogP contribution in [0.4, 0.5) is 5.69 Å². The van der Waals surface area contributed by atoms with E-state index in [0.29, 0.717) is 18.9 Å². The number of anilines is 1. The van der Waals surface area contributed by atoms with Gasteiger partial charge in [0, 0.05) is 45.5 Å². The molecule has 0 atom stereocenters. The molecule has 7 heteroatoms. The van der Waals surface area contributed by atoms with Crippen molar-refractivity contribution >= 4 is 41.5 Å². The molecule has 6 nitrogen and oxygen atoms in total. The van der Waals surface area contributed by atoms with Crippen LogP contribution in [-0.2, 0) is 16.1 Å². The Morgan fingerprint density at radius 2 is 2.04 bits per heavy atom. The molecule has 0 fully saturated rings. The minimum Gasteiger partial charge on any atom is -0.381 e. The van der Waals surface area contributed by atoms with Gasteiger partial charge >= 0.3 is 0 Å². The molecule has 1 rings (SSSR count). The lowest BCUT2D eigenvalue weighted by molar-refractivity contribution is -0.116. The van der Waals surface area contributed by atoms with Gasteiger partial charge in [-0.05, 0) is 36.5 Å². The highest BCUT2D eigenvalue weighted by Gasteiger charge is 2.03. The minimum absolute atomic E-state index is 0. The summed E-state index contributed by atoms with van der Waals surface area (Å²) in [6.07, 6.45) is 2.32. The molecule has 0 aromatic heterocycles. The van der Waals surface area contributed by atoms with Crippen LogP contribution in [0.2, 0.25) is 0 Å². The molecule has 0 heterocycles. The van der Waals surface area contributed by atoms with Gasteiger partial charge in [0.1, 0.15) is 0 Å². The number of hydrogen-bond donors (Lipinski definition) is 3. The number of ether oxygens (including phenoxy) is 1. The third-order valence-corrected chi connectivity index (χ3v) is 3.58. The quantitative estimate of drug-likeness (QED) is 0.191. The zero-order valence-corrected chi connectivity index (χ0v) is 19.3. The van der Waals surface area contributed by atoms with Crippen molar-refractivity contribution in [1.29, 1.82) is 0 Å². The highest BCUT2D eigenvalue weighted by Crippen LogP contribution is 2.11. The maximum atomic E-state index is 11.7. The molecule has 3 N–H and O–H groups in total. The van der Waals surface area contributed by atoms with Crippen LogP contribution in [0.5, 0.6) is 0 Å². The van der Waals surface area contributed by atoms with Crippen LogP contribution in [0.3, 0.4) is 0 Å². The second-order valence-electron chi connectivity index (χ2n) is 6.67. The summed E-state index contributed by atoms with van der Waals surface area (Å²) in [5.74, 6) is 1.38. The van der Waals surface area contributed by atoms with Gasteiger partial charge in [-0.25, -0.2) is 0 Å². The summed E-state index contributed by atoms with van der Waals surface area (Å²) in [7, 11) is 1.76. The van der Waals surface area contributed by atoms with E-state index >= 15 is 0 Å². The Balaban J connectivity index is 0.00000676. The first-order chi connectivity index (χ1) is 12.5. The number of guanidine groups is 1. The zero-order valence-electron chi connectivity index (χ0n) is 17.0. The van der Waals surface area contributed by atoms with E-state index in [2.05, 4.69) is 34.8 Å². The smallest absolute Gasteiger partial charge is 0.224 e. The SMILES string of the molecule is CCCC(=O)Nc1cccc(CNC(=NC)NCCCOCC(C)C)c1.I. The molecule has 0 unspecified atom stereocenters. The summed E-state index contributed by atoms with van der Waals surface area (Å²) in [5, 5.41) is 9.49. The first-order valence-corrected chi connectivity index (χ1v) is 9.46. The van der Waals surface area contributed by atoms with E-state index in [-0.39, 0.29) is 29.9 Å². The normalized spacial score (nSPS) is 11.1. The lowest BCUT2D eigenvalue weighted by atomic mass is 10.2. The molecular weight excluding hydrogens is 455 g/mol. The number of carbonyl (C=O) groups is 1. The Kier molecular flexibility index (Phi) is 14.9. The average Bonchev–Trinajstić information content (AvgIpc) is 2.60. The molecule has 1 amide bonds. The molecule has 0 bridgehead atoms. The van der Waals surface area contributed by atoms with Crippen LogP contribution < -0.4 is 16.0 Å². The number of halogens is 1. The fraction of sp³-hybridized carbons (Fsp3) is 0.600. The van der Waals surface area contributed by atoms with Crippen molar-refractivity contribution in [3.05, 3.63) is 29.8 Å². The zero-order chi connectivity index (χ0) is 19.2. The van der Waals surface area contributed by atoms with Crippen LogP contribution in [0, 0.1) is 5.92 Å². The number of benzene rings is 1. The van der Waals surface area contributed by atoms with Crippen molar-refractivity contribution in [2.45, 2.75) is 46.6 Å². The van der Waals surface area contributed by atoms with E-state index in [4.69, 9.17) is 4.74 Å². The third-order valence-electron chi connectivity index (χ3n) is 3.58. The van der Waals surface area contributed by atoms with Gasteiger partial charge in [-0.15, -0.1) is 24.0 Å². The molecular formula is C20H35IN4O2. The van der Waals surface area contributed by atoms with E-state index < -0.39 is 0 Å². The van der Waals surface area contributed by atoms with Gasteiger partial charge in [0.25, 0.3) is 0 Å². The number of aliphatic imine (C=N–C) groups is 1. The highest BCUT2D eigenvalue weighted by molar-refractivity contribution is 14.0. The number of nitrogens with one attached hydrogen (secondary N) is 3. The van der Waals surface area contributed by atoms with Crippen molar-refractivity contribution in [3.8, 4) is 0 Å². The lowest BCUT2D eigenvalue weighted by Gasteiger charge is -2.13. The molecule has 1 aromatic carbocycles. The second-order valence-corrected chi connectivity index (χ2v) is 6.67. The van der Waals surface area contributed by atoms with Crippen molar-refractivity contribution in [2.24, 2.45) is 10.9 Å². The molecule has 0 saturated carbocycles. The number of amides is 1. The fourth-order valence-corrected chi connectivity index (χ4v) is 2.32. The number of rotatable bonds is 11. The summed E-state index contributed by atoms with van der Waals surface area (Å²) in [5.41, 5.74) is 1.91. The molecule has 0 spiro atoms. The lowest BCUT2D eigenvalue weighted by Crippen LogP contribution is -2.37. The number of nitrogens with zero attached hydrogens (tertiary/aromatic N) is 1. The van der Waals surface area contributed by atoms with Gasteiger partial charge in [-0.3, -0.25) is 9.79 Å². The standard InChI is InChI=1S/C20H34N4O2.HI/c1-5-8-19(25)24-18-10-6-9-17(13-18)14-23-20(21-4)22-11-7-12-26-15-16(2)3;/h6,9-10,13,16H,5,7-8,11-12,14-15H2,1-4H3,(H,24,25)(H2,21,22,23);1H. The summed E-state index contributed by atoms with van der Waals surface area (Å²) < 4.78 is 5.57. The van der Waals surface area contributed by atoms with Crippen molar-refractivity contribution in [1.82, 2.24) is 10.6 Å². The Labute approximate surface area is 181 Å². The number of carbonyl (C=O) groups excluding carboxylic acids is 1. The molecule has 0 aliphatic rings. The van der Waals surface area contributed by atoms with Gasteiger partial charge in [-0.2, -0.15) is 0 Å². The summed E-state index contributed by atoms with van der Waals surface area (Å²) in [6, 6.07) is 7.85. The fourth-order valence-electron chi connectivity index (χ4n) is 2.32. The predicted octanol–water partition coefficient (Wildman–Crippen LogP) is 3.77.